The summed E-state index contributed by atoms with van der Waals surface area (Å²) in [5.74, 6) is -0.436. The van der Waals surface area contributed by atoms with Gasteiger partial charge in [-0.3, -0.25) is 9.78 Å². The molecule has 32 heavy (non-hydrogen) atoms. The lowest BCUT2D eigenvalue weighted by molar-refractivity contribution is -0.137. The van der Waals surface area contributed by atoms with Crippen LogP contribution in [0.3, 0.4) is 0 Å². The fourth-order valence-electron chi connectivity index (χ4n) is 4.78. The number of carbonyl (C=O) groups excluding carboxylic acids is 1. The molecule has 1 unspecified atom stereocenters. The average molecular weight is 494 g/mol. The van der Waals surface area contributed by atoms with Crippen LogP contribution in [0.15, 0.2) is 60.1 Å². The fraction of sp³-hybridized carbons (Fsp3) is 0.391. The first-order valence-corrected chi connectivity index (χ1v) is 12.8. The molecule has 1 aromatic carbocycles. The van der Waals surface area contributed by atoms with E-state index >= 15 is 0 Å². The summed E-state index contributed by atoms with van der Waals surface area (Å²) in [6.45, 7) is 6.27. The van der Waals surface area contributed by atoms with Crippen LogP contribution >= 0.6 is 23.2 Å². The molecule has 3 heterocycles. The molecule has 2 aromatic rings. The van der Waals surface area contributed by atoms with Gasteiger partial charge in [-0.25, -0.2) is 8.42 Å². The minimum atomic E-state index is -4.03. The highest BCUT2D eigenvalue weighted by molar-refractivity contribution is 7.89. The first-order chi connectivity index (χ1) is 15.2. The van der Waals surface area contributed by atoms with E-state index in [0.717, 1.165) is 12.1 Å². The molecule has 1 amide bonds. The molecule has 0 radical (unpaired) electrons. The second-order valence-electron chi connectivity index (χ2n) is 8.27. The van der Waals surface area contributed by atoms with E-state index < -0.39 is 16.1 Å². The number of sulfonamides is 1. The Morgan fingerprint density at radius 1 is 1.19 bits per heavy atom. The molecule has 2 fully saturated rings. The van der Waals surface area contributed by atoms with Crippen LogP contribution in [0.5, 0.6) is 0 Å². The third kappa shape index (κ3) is 4.19. The Labute approximate surface area is 198 Å². The summed E-state index contributed by atoms with van der Waals surface area (Å²) in [7, 11) is -4.03. The number of rotatable bonds is 5. The molecule has 1 aromatic heterocycles. The van der Waals surface area contributed by atoms with Crippen molar-refractivity contribution in [3.05, 3.63) is 71.0 Å². The quantitative estimate of drug-likeness (QED) is 0.565. The van der Waals surface area contributed by atoms with E-state index in [1.807, 2.05) is 25.1 Å². The van der Waals surface area contributed by atoms with E-state index in [4.69, 9.17) is 23.2 Å². The molecule has 2 bridgehead atoms. The van der Waals surface area contributed by atoms with Gasteiger partial charge in [-0.05, 0) is 56.5 Å². The Morgan fingerprint density at radius 3 is 2.53 bits per heavy atom. The number of pyridine rings is 1. The molecule has 2 aliphatic rings. The van der Waals surface area contributed by atoms with Crippen molar-refractivity contribution < 1.29 is 13.2 Å². The molecule has 4 atom stereocenters. The third-order valence-corrected chi connectivity index (χ3v) is 8.73. The average Bonchev–Trinajstić information content (AvgIpc) is 2.85. The number of piperidine rings is 1. The van der Waals surface area contributed by atoms with E-state index in [0.29, 0.717) is 19.4 Å². The van der Waals surface area contributed by atoms with E-state index in [1.54, 1.807) is 17.2 Å². The number of hydrogen-bond acceptors (Lipinski definition) is 4. The Kier molecular flexibility index (Phi) is 6.63. The molecular weight excluding hydrogens is 469 g/mol. The molecule has 0 spiro atoms. The lowest BCUT2D eigenvalue weighted by atomic mass is 9.90. The number of hydrogen-bond donors (Lipinski definition) is 0. The van der Waals surface area contributed by atoms with E-state index in [1.165, 1.54) is 22.5 Å². The standard InChI is InChI=1S/C23H25Cl2N3O3S/c1-3-16-14-27(15(2)20-7-4-5-10-26-20)23(29)22-9-6-8-21(16)28(22)32(30,31)19-12-17(24)11-18(25)13-19/h3-5,7,10-13,15-16,21-22H,1,6,8-9,14H2,2H3/t15?,16-,21+,22-/m0/s1. The van der Waals surface area contributed by atoms with Crippen molar-refractivity contribution in [2.75, 3.05) is 6.54 Å². The molecule has 0 aliphatic carbocycles. The van der Waals surface area contributed by atoms with Gasteiger partial charge in [0.2, 0.25) is 15.9 Å². The van der Waals surface area contributed by atoms with E-state index in [-0.39, 0.29) is 38.8 Å². The van der Waals surface area contributed by atoms with Gasteiger partial charge in [0, 0.05) is 34.7 Å². The number of amides is 1. The highest BCUT2D eigenvalue weighted by atomic mass is 35.5. The summed E-state index contributed by atoms with van der Waals surface area (Å²) in [6, 6.07) is 8.35. The van der Waals surface area contributed by atoms with Gasteiger partial charge in [-0.15, -0.1) is 6.58 Å². The molecule has 2 aliphatic heterocycles. The summed E-state index contributed by atoms with van der Waals surface area (Å²) >= 11 is 12.2. The highest BCUT2D eigenvalue weighted by Gasteiger charge is 2.50. The topological polar surface area (TPSA) is 70.6 Å². The van der Waals surface area contributed by atoms with Crippen LogP contribution in [-0.4, -0.2) is 47.1 Å². The number of halogens is 2. The molecule has 6 nitrogen and oxygen atoms in total. The van der Waals surface area contributed by atoms with Crippen LogP contribution in [0.2, 0.25) is 10.0 Å². The van der Waals surface area contributed by atoms with Crippen molar-refractivity contribution in [1.82, 2.24) is 14.2 Å². The normalized spacial score (nSPS) is 25.3. The maximum atomic E-state index is 13.8. The Morgan fingerprint density at radius 2 is 1.91 bits per heavy atom. The number of benzene rings is 1. The van der Waals surface area contributed by atoms with Gasteiger partial charge < -0.3 is 4.90 Å². The van der Waals surface area contributed by atoms with Crippen LogP contribution in [0, 0.1) is 5.92 Å². The van der Waals surface area contributed by atoms with Gasteiger partial charge in [0.1, 0.15) is 6.04 Å². The molecule has 4 rings (SSSR count). The minimum Gasteiger partial charge on any atom is -0.332 e. The van der Waals surface area contributed by atoms with Crippen molar-refractivity contribution in [3.8, 4) is 0 Å². The molecular formula is C23H25Cl2N3O3S. The predicted molar refractivity (Wildman–Crippen MR) is 125 cm³/mol. The van der Waals surface area contributed by atoms with Crippen LogP contribution < -0.4 is 0 Å². The van der Waals surface area contributed by atoms with Crippen molar-refractivity contribution in [3.63, 3.8) is 0 Å². The SMILES string of the molecule is C=C[C@H]1CN(C(C)c2ccccn2)C(=O)[C@@H]2CCC[C@H]1N2S(=O)(=O)c1cc(Cl)cc(Cl)c1. The van der Waals surface area contributed by atoms with Crippen molar-refractivity contribution in [2.45, 2.75) is 49.2 Å². The summed E-state index contributed by atoms with van der Waals surface area (Å²) in [5, 5.41) is 0.459. The summed E-state index contributed by atoms with van der Waals surface area (Å²) in [5.41, 5.74) is 0.760. The number of fused-ring (bicyclic) bond motifs is 2. The van der Waals surface area contributed by atoms with Gasteiger partial charge in [0.05, 0.1) is 16.6 Å². The van der Waals surface area contributed by atoms with Crippen LogP contribution in [0.4, 0.5) is 0 Å². The molecule has 9 heteroatoms. The maximum Gasteiger partial charge on any atom is 0.244 e. The lowest BCUT2D eigenvalue weighted by Gasteiger charge is -2.40. The Balaban J connectivity index is 1.79. The number of carbonyl (C=O) groups is 1. The molecule has 170 valence electrons. The number of nitrogens with zero attached hydrogens (tertiary/aromatic N) is 3. The van der Waals surface area contributed by atoms with Gasteiger partial charge in [-0.1, -0.05) is 35.3 Å². The van der Waals surface area contributed by atoms with Crippen molar-refractivity contribution in [1.29, 1.82) is 0 Å². The van der Waals surface area contributed by atoms with Crippen molar-refractivity contribution in [2.24, 2.45) is 5.92 Å². The predicted octanol–water partition coefficient (Wildman–Crippen LogP) is 4.71. The lowest BCUT2D eigenvalue weighted by Crippen LogP contribution is -2.54. The molecule has 0 N–H and O–H groups in total. The summed E-state index contributed by atoms with van der Waals surface area (Å²) < 4.78 is 29.0. The van der Waals surface area contributed by atoms with Gasteiger partial charge in [-0.2, -0.15) is 4.31 Å². The van der Waals surface area contributed by atoms with Crippen LogP contribution in [0.25, 0.3) is 0 Å². The van der Waals surface area contributed by atoms with Gasteiger partial charge in [0.15, 0.2) is 0 Å². The maximum absolute atomic E-state index is 13.8. The second kappa shape index (κ2) is 9.14. The zero-order valence-corrected chi connectivity index (χ0v) is 20.0. The largest absolute Gasteiger partial charge is 0.332 e. The summed E-state index contributed by atoms with van der Waals surface area (Å²) in [4.78, 5) is 19.9. The van der Waals surface area contributed by atoms with Gasteiger partial charge >= 0.3 is 0 Å². The summed E-state index contributed by atoms with van der Waals surface area (Å²) in [6.07, 6.45) is 5.33. The highest BCUT2D eigenvalue weighted by Crippen LogP contribution is 2.40. The monoisotopic (exact) mass is 493 g/mol. The second-order valence-corrected chi connectivity index (χ2v) is 11.0. The van der Waals surface area contributed by atoms with Crippen LogP contribution in [-0.2, 0) is 14.8 Å². The third-order valence-electron chi connectivity index (χ3n) is 6.38. The molecule has 2 saturated heterocycles. The Hall–Kier alpha value is -1.93. The van der Waals surface area contributed by atoms with Crippen LogP contribution in [0.1, 0.15) is 37.9 Å². The fourth-order valence-corrected chi connectivity index (χ4v) is 7.38. The minimum absolute atomic E-state index is 0.00580. The Bertz CT molecular complexity index is 1110. The number of aromatic nitrogens is 1. The van der Waals surface area contributed by atoms with Crippen molar-refractivity contribution >= 4 is 39.1 Å². The molecule has 0 saturated carbocycles. The zero-order valence-electron chi connectivity index (χ0n) is 17.7. The van der Waals surface area contributed by atoms with E-state index in [2.05, 4.69) is 11.6 Å². The first kappa shape index (κ1) is 23.2. The first-order valence-electron chi connectivity index (χ1n) is 10.6. The smallest absolute Gasteiger partial charge is 0.244 e. The van der Waals surface area contributed by atoms with Gasteiger partial charge in [0.25, 0.3) is 0 Å². The van der Waals surface area contributed by atoms with E-state index in [9.17, 15) is 13.2 Å². The zero-order chi connectivity index (χ0) is 23.0.